The fraction of sp³-hybridized carbons (Fsp3) is 0.100. The fourth-order valence-electron chi connectivity index (χ4n) is 1.27. The van der Waals surface area contributed by atoms with E-state index in [1.165, 1.54) is 0 Å². The third-order valence-electron chi connectivity index (χ3n) is 1.80. The Kier molecular flexibility index (Phi) is 1.47. The zero-order valence-corrected chi connectivity index (χ0v) is 6.70. The molecule has 0 bridgehead atoms. The summed E-state index contributed by atoms with van der Waals surface area (Å²) < 4.78 is 5.35. The summed E-state index contributed by atoms with van der Waals surface area (Å²) in [6, 6.07) is 7.30. The SMILES string of the molecule is Cc1cc2cc(C=O)ccc2o1. The van der Waals surface area contributed by atoms with Gasteiger partial charge in [0.15, 0.2) is 0 Å². The van der Waals surface area contributed by atoms with Crippen molar-refractivity contribution >= 4 is 17.3 Å². The summed E-state index contributed by atoms with van der Waals surface area (Å²) in [6.07, 6.45) is 0.835. The first-order valence-electron chi connectivity index (χ1n) is 3.75. The molecule has 0 amide bonds. The number of fused-ring (bicyclic) bond motifs is 1. The summed E-state index contributed by atoms with van der Waals surface area (Å²) >= 11 is 0. The van der Waals surface area contributed by atoms with Crippen molar-refractivity contribution in [2.24, 2.45) is 0 Å². The van der Waals surface area contributed by atoms with E-state index in [9.17, 15) is 4.79 Å². The molecule has 0 N–H and O–H groups in total. The van der Waals surface area contributed by atoms with E-state index in [4.69, 9.17) is 4.42 Å². The fourth-order valence-corrected chi connectivity index (χ4v) is 1.27. The molecule has 60 valence electrons. The summed E-state index contributed by atoms with van der Waals surface area (Å²) in [7, 11) is 0. The maximum atomic E-state index is 10.4. The highest BCUT2D eigenvalue weighted by atomic mass is 16.3. The van der Waals surface area contributed by atoms with Gasteiger partial charge in [-0.2, -0.15) is 0 Å². The topological polar surface area (TPSA) is 30.2 Å². The van der Waals surface area contributed by atoms with Gasteiger partial charge in [-0.15, -0.1) is 0 Å². The number of hydrogen-bond donors (Lipinski definition) is 0. The smallest absolute Gasteiger partial charge is 0.150 e. The number of benzene rings is 1. The van der Waals surface area contributed by atoms with Gasteiger partial charge in [0.2, 0.25) is 0 Å². The van der Waals surface area contributed by atoms with Crippen LogP contribution < -0.4 is 0 Å². The molecule has 0 fully saturated rings. The van der Waals surface area contributed by atoms with Gasteiger partial charge in [0.25, 0.3) is 0 Å². The highest BCUT2D eigenvalue weighted by Crippen LogP contribution is 2.19. The average molecular weight is 160 g/mol. The molecule has 0 spiro atoms. The van der Waals surface area contributed by atoms with E-state index in [0.29, 0.717) is 5.56 Å². The van der Waals surface area contributed by atoms with Crippen molar-refractivity contribution in [1.82, 2.24) is 0 Å². The number of hydrogen-bond acceptors (Lipinski definition) is 2. The normalized spacial score (nSPS) is 10.4. The maximum absolute atomic E-state index is 10.4. The van der Waals surface area contributed by atoms with E-state index < -0.39 is 0 Å². The summed E-state index contributed by atoms with van der Waals surface area (Å²) in [6.45, 7) is 1.89. The Bertz CT molecular complexity index is 426. The second-order valence-corrected chi connectivity index (χ2v) is 2.77. The van der Waals surface area contributed by atoms with E-state index in [1.807, 2.05) is 25.1 Å². The molecule has 0 radical (unpaired) electrons. The third kappa shape index (κ3) is 1.01. The largest absolute Gasteiger partial charge is 0.461 e. The van der Waals surface area contributed by atoms with E-state index in [-0.39, 0.29) is 0 Å². The third-order valence-corrected chi connectivity index (χ3v) is 1.80. The predicted molar refractivity (Wildman–Crippen MR) is 46.3 cm³/mol. The number of aldehydes is 1. The lowest BCUT2D eigenvalue weighted by molar-refractivity contribution is 0.112. The van der Waals surface area contributed by atoms with Gasteiger partial charge in [-0.1, -0.05) is 0 Å². The minimum Gasteiger partial charge on any atom is -0.461 e. The van der Waals surface area contributed by atoms with Crippen molar-refractivity contribution in [2.45, 2.75) is 6.92 Å². The van der Waals surface area contributed by atoms with E-state index in [0.717, 1.165) is 23.0 Å². The molecular weight excluding hydrogens is 152 g/mol. The lowest BCUT2D eigenvalue weighted by Gasteiger charge is -1.88. The zero-order chi connectivity index (χ0) is 8.55. The molecule has 0 atom stereocenters. The second-order valence-electron chi connectivity index (χ2n) is 2.77. The molecule has 2 heteroatoms. The second kappa shape index (κ2) is 2.48. The summed E-state index contributed by atoms with van der Waals surface area (Å²) in [5.41, 5.74) is 1.52. The van der Waals surface area contributed by atoms with Crippen molar-refractivity contribution in [2.75, 3.05) is 0 Å². The first-order chi connectivity index (χ1) is 5.79. The van der Waals surface area contributed by atoms with Crippen LogP contribution in [0.3, 0.4) is 0 Å². The van der Waals surface area contributed by atoms with Crippen LogP contribution in [0.5, 0.6) is 0 Å². The average Bonchev–Trinajstić information content (AvgIpc) is 2.43. The summed E-state index contributed by atoms with van der Waals surface area (Å²) in [5.74, 6) is 0.869. The van der Waals surface area contributed by atoms with Crippen molar-refractivity contribution in [1.29, 1.82) is 0 Å². The molecule has 1 aromatic carbocycles. The molecule has 1 aromatic heterocycles. The maximum Gasteiger partial charge on any atom is 0.150 e. The highest BCUT2D eigenvalue weighted by molar-refractivity contribution is 5.86. The Morgan fingerprint density at radius 1 is 1.33 bits per heavy atom. The van der Waals surface area contributed by atoms with Crippen LogP contribution in [0.15, 0.2) is 28.7 Å². The Morgan fingerprint density at radius 2 is 2.17 bits per heavy atom. The number of carbonyl (C=O) groups excluding carboxylic acids is 1. The molecule has 1 heterocycles. The monoisotopic (exact) mass is 160 g/mol. The van der Waals surface area contributed by atoms with Crippen molar-refractivity contribution in [3.63, 3.8) is 0 Å². The van der Waals surface area contributed by atoms with Gasteiger partial charge in [0, 0.05) is 10.9 Å². The minimum absolute atomic E-state index is 0.684. The van der Waals surface area contributed by atoms with E-state index in [1.54, 1.807) is 6.07 Å². The van der Waals surface area contributed by atoms with Crippen molar-refractivity contribution in [3.05, 3.63) is 35.6 Å². The number of aryl methyl sites for hydroxylation is 1. The number of rotatable bonds is 1. The van der Waals surface area contributed by atoms with Gasteiger partial charge in [-0.05, 0) is 31.2 Å². The molecule has 0 aliphatic heterocycles. The molecule has 12 heavy (non-hydrogen) atoms. The number of furan rings is 1. The number of carbonyl (C=O) groups is 1. The Labute approximate surface area is 69.8 Å². The molecular formula is C10H8O2. The van der Waals surface area contributed by atoms with Crippen LogP contribution in [0.25, 0.3) is 11.0 Å². The quantitative estimate of drug-likeness (QED) is 0.600. The van der Waals surface area contributed by atoms with Crippen LogP contribution in [-0.4, -0.2) is 6.29 Å². The van der Waals surface area contributed by atoms with Crippen LogP contribution in [-0.2, 0) is 0 Å². The lowest BCUT2D eigenvalue weighted by atomic mass is 10.2. The Morgan fingerprint density at radius 3 is 2.92 bits per heavy atom. The minimum atomic E-state index is 0.684. The zero-order valence-electron chi connectivity index (χ0n) is 6.70. The molecule has 2 aromatic rings. The van der Waals surface area contributed by atoms with Gasteiger partial charge in [0.1, 0.15) is 17.6 Å². The van der Waals surface area contributed by atoms with Crippen molar-refractivity contribution in [3.8, 4) is 0 Å². The molecule has 0 unspecified atom stereocenters. The van der Waals surface area contributed by atoms with Crippen LogP contribution in [0.4, 0.5) is 0 Å². The molecule has 2 nitrogen and oxygen atoms in total. The Hall–Kier alpha value is -1.57. The van der Waals surface area contributed by atoms with Crippen LogP contribution >= 0.6 is 0 Å². The van der Waals surface area contributed by atoms with E-state index >= 15 is 0 Å². The van der Waals surface area contributed by atoms with Gasteiger partial charge in [-0.3, -0.25) is 4.79 Å². The van der Waals surface area contributed by atoms with Crippen molar-refractivity contribution < 1.29 is 9.21 Å². The van der Waals surface area contributed by atoms with E-state index in [2.05, 4.69) is 0 Å². The summed E-state index contributed by atoms with van der Waals surface area (Å²) in [5, 5.41) is 0.983. The Balaban J connectivity index is 2.74. The van der Waals surface area contributed by atoms with Crippen LogP contribution in [0, 0.1) is 6.92 Å². The first kappa shape index (κ1) is 7.10. The molecule has 0 saturated heterocycles. The molecule has 0 saturated carbocycles. The summed E-state index contributed by atoms with van der Waals surface area (Å²) in [4.78, 5) is 10.4. The van der Waals surface area contributed by atoms with Gasteiger partial charge >= 0.3 is 0 Å². The van der Waals surface area contributed by atoms with Gasteiger partial charge in [-0.25, -0.2) is 0 Å². The van der Waals surface area contributed by atoms with Crippen LogP contribution in [0.1, 0.15) is 16.1 Å². The highest BCUT2D eigenvalue weighted by Gasteiger charge is 1.99. The predicted octanol–water partition coefficient (Wildman–Crippen LogP) is 2.55. The van der Waals surface area contributed by atoms with Gasteiger partial charge < -0.3 is 4.42 Å². The van der Waals surface area contributed by atoms with Crippen LogP contribution in [0.2, 0.25) is 0 Å². The first-order valence-corrected chi connectivity index (χ1v) is 3.75. The van der Waals surface area contributed by atoms with Gasteiger partial charge in [0.05, 0.1) is 0 Å². The molecule has 0 aliphatic rings. The molecule has 2 rings (SSSR count). The standard InChI is InChI=1S/C10H8O2/c1-7-4-9-5-8(6-11)2-3-10(9)12-7/h2-6H,1H3. The molecule has 0 aliphatic carbocycles. The lowest BCUT2D eigenvalue weighted by Crippen LogP contribution is -1.75.